The monoisotopic (exact) mass is 250 g/mol. The second-order valence-electron chi connectivity index (χ2n) is 5.84. The van der Waals surface area contributed by atoms with E-state index >= 15 is 0 Å². The summed E-state index contributed by atoms with van der Waals surface area (Å²) in [5.41, 5.74) is 1.91. The quantitative estimate of drug-likeness (QED) is 0.871. The van der Waals surface area contributed by atoms with Gasteiger partial charge in [0.25, 0.3) is 0 Å². The molecule has 0 amide bonds. The van der Waals surface area contributed by atoms with Crippen LogP contribution in [0.2, 0.25) is 0 Å². The Labute approximate surface area is 111 Å². The molecule has 1 aromatic rings. The summed E-state index contributed by atoms with van der Waals surface area (Å²) in [6, 6.07) is 2.11. The topological polar surface area (TPSA) is 28.4 Å². The second-order valence-corrected chi connectivity index (χ2v) is 5.84. The summed E-state index contributed by atoms with van der Waals surface area (Å²) in [4.78, 5) is 2.56. The van der Waals surface area contributed by atoms with Gasteiger partial charge in [-0.05, 0) is 44.5 Å². The van der Waals surface area contributed by atoms with Gasteiger partial charge in [-0.2, -0.15) is 0 Å². The fraction of sp³-hybridized carbons (Fsp3) is 0.733. The molecule has 1 aliphatic rings. The standard InChI is InChI=1S/C15H26N2O/c1-4-15(2)6-8-17(9-7-15)12-13-5-10-18-14(13)11-16-3/h5,10,16H,4,6-9,11-12H2,1-3H3. The molecule has 0 aromatic carbocycles. The van der Waals surface area contributed by atoms with E-state index in [1.54, 1.807) is 0 Å². The molecule has 102 valence electrons. The number of piperidine rings is 1. The van der Waals surface area contributed by atoms with E-state index in [9.17, 15) is 0 Å². The van der Waals surface area contributed by atoms with Gasteiger partial charge >= 0.3 is 0 Å². The molecule has 18 heavy (non-hydrogen) atoms. The summed E-state index contributed by atoms with van der Waals surface area (Å²) in [7, 11) is 1.96. The van der Waals surface area contributed by atoms with Crippen molar-refractivity contribution in [3.8, 4) is 0 Å². The molecule has 0 saturated carbocycles. The molecule has 1 aromatic heterocycles. The summed E-state index contributed by atoms with van der Waals surface area (Å²) in [6.45, 7) is 9.03. The van der Waals surface area contributed by atoms with Crippen LogP contribution in [0.5, 0.6) is 0 Å². The highest BCUT2D eigenvalue weighted by Crippen LogP contribution is 2.34. The molecule has 1 N–H and O–H groups in total. The lowest BCUT2D eigenvalue weighted by molar-refractivity contribution is 0.109. The highest BCUT2D eigenvalue weighted by Gasteiger charge is 2.28. The first-order chi connectivity index (χ1) is 8.67. The zero-order chi connectivity index (χ0) is 13.0. The number of hydrogen-bond donors (Lipinski definition) is 1. The maximum absolute atomic E-state index is 5.52. The third kappa shape index (κ3) is 3.15. The lowest BCUT2D eigenvalue weighted by Crippen LogP contribution is -2.38. The first-order valence-corrected chi connectivity index (χ1v) is 7.09. The molecule has 0 radical (unpaired) electrons. The summed E-state index contributed by atoms with van der Waals surface area (Å²) >= 11 is 0. The highest BCUT2D eigenvalue weighted by molar-refractivity contribution is 5.17. The molecule has 3 heteroatoms. The maximum Gasteiger partial charge on any atom is 0.122 e. The molecule has 0 spiro atoms. The molecule has 0 bridgehead atoms. The van der Waals surface area contributed by atoms with Crippen LogP contribution in [-0.2, 0) is 13.1 Å². The minimum atomic E-state index is 0.570. The third-order valence-electron chi connectivity index (χ3n) is 4.49. The number of rotatable bonds is 5. The summed E-state index contributed by atoms with van der Waals surface area (Å²) in [5.74, 6) is 1.08. The molecular formula is C15H26N2O. The van der Waals surface area contributed by atoms with E-state index in [1.807, 2.05) is 13.3 Å². The van der Waals surface area contributed by atoms with Gasteiger partial charge in [0, 0.05) is 12.1 Å². The fourth-order valence-electron chi connectivity index (χ4n) is 2.67. The van der Waals surface area contributed by atoms with Gasteiger partial charge in [-0.15, -0.1) is 0 Å². The van der Waals surface area contributed by atoms with Gasteiger partial charge in [0.1, 0.15) is 5.76 Å². The van der Waals surface area contributed by atoms with Crippen molar-refractivity contribution in [2.45, 2.75) is 46.2 Å². The Kier molecular flexibility index (Phi) is 4.46. The molecule has 1 fully saturated rings. The first-order valence-electron chi connectivity index (χ1n) is 7.09. The summed E-state index contributed by atoms with van der Waals surface area (Å²) in [5, 5.41) is 3.16. The van der Waals surface area contributed by atoms with E-state index in [4.69, 9.17) is 4.42 Å². The summed E-state index contributed by atoms with van der Waals surface area (Å²) < 4.78 is 5.52. The summed E-state index contributed by atoms with van der Waals surface area (Å²) in [6.07, 6.45) is 5.76. The molecule has 2 heterocycles. The average Bonchev–Trinajstić information content (AvgIpc) is 2.81. The van der Waals surface area contributed by atoms with Gasteiger partial charge < -0.3 is 9.73 Å². The Morgan fingerprint density at radius 1 is 1.39 bits per heavy atom. The predicted octanol–water partition coefficient (Wildman–Crippen LogP) is 3.01. The second kappa shape index (κ2) is 5.89. The van der Waals surface area contributed by atoms with Crippen LogP contribution in [-0.4, -0.2) is 25.0 Å². The van der Waals surface area contributed by atoms with Crippen LogP contribution in [0.4, 0.5) is 0 Å². The minimum Gasteiger partial charge on any atom is -0.468 e. The Bertz CT molecular complexity index is 364. The molecule has 0 unspecified atom stereocenters. The number of furan rings is 1. The minimum absolute atomic E-state index is 0.570. The smallest absolute Gasteiger partial charge is 0.122 e. The zero-order valence-corrected chi connectivity index (χ0v) is 12.0. The van der Waals surface area contributed by atoms with Gasteiger partial charge in [-0.3, -0.25) is 4.90 Å². The van der Waals surface area contributed by atoms with Crippen molar-refractivity contribution in [2.75, 3.05) is 20.1 Å². The van der Waals surface area contributed by atoms with E-state index in [0.717, 1.165) is 18.8 Å². The number of likely N-dealkylation sites (tertiary alicyclic amines) is 1. The van der Waals surface area contributed by atoms with Crippen LogP contribution in [0.25, 0.3) is 0 Å². The Balaban J connectivity index is 1.89. The Hall–Kier alpha value is -0.800. The van der Waals surface area contributed by atoms with Crippen molar-refractivity contribution in [2.24, 2.45) is 5.41 Å². The van der Waals surface area contributed by atoms with E-state index in [-0.39, 0.29) is 0 Å². The number of nitrogens with zero attached hydrogens (tertiary/aromatic N) is 1. The highest BCUT2D eigenvalue weighted by atomic mass is 16.3. The van der Waals surface area contributed by atoms with Crippen molar-refractivity contribution in [1.29, 1.82) is 0 Å². The van der Waals surface area contributed by atoms with Crippen molar-refractivity contribution in [3.63, 3.8) is 0 Å². The van der Waals surface area contributed by atoms with Gasteiger partial charge in [-0.1, -0.05) is 20.3 Å². The number of nitrogens with one attached hydrogen (secondary N) is 1. The average molecular weight is 250 g/mol. The van der Waals surface area contributed by atoms with Gasteiger partial charge in [0.05, 0.1) is 12.8 Å². The van der Waals surface area contributed by atoms with Gasteiger partial charge in [0.2, 0.25) is 0 Å². The lowest BCUT2D eigenvalue weighted by atomic mass is 9.78. The Morgan fingerprint density at radius 3 is 2.72 bits per heavy atom. The maximum atomic E-state index is 5.52. The number of hydrogen-bond acceptors (Lipinski definition) is 3. The fourth-order valence-corrected chi connectivity index (χ4v) is 2.67. The van der Waals surface area contributed by atoms with Crippen LogP contribution in [0.1, 0.15) is 44.4 Å². The van der Waals surface area contributed by atoms with Crippen LogP contribution in [0.3, 0.4) is 0 Å². The van der Waals surface area contributed by atoms with Crippen LogP contribution < -0.4 is 5.32 Å². The van der Waals surface area contributed by atoms with Gasteiger partial charge in [-0.25, -0.2) is 0 Å². The molecule has 0 atom stereocenters. The third-order valence-corrected chi connectivity index (χ3v) is 4.49. The van der Waals surface area contributed by atoms with Crippen LogP contribution in [0, 0.1) is 5.41 Å². The molecular weight excluding hydrogens is 224 g/mol. The van der Waals surface area contributed by atoms with Crippen LogP contribution >= 0.6 is 0 Å². The largest absolute Gasteiger partial charge is 0.468 e. The predicted molar refractivity (Wildman–Crippen MR) is 74.4 cm³/mol. The Morgan fingerprint density at radius 2 is 2.11 bits per heavy atom. The molecule has 0 aliphatic carbocycles. The SMILES string of the molecule is CCC1(C)CCN(Cc2ccoc2CNC)CC1. The molecule has 3 nitrogen and oxygen atoms in total. The van der Waals surface area contributed by atoms with Gasteiger partial charge in [0.15, 0.2) is 0 Å². The van der Waals surface area contributed by atoms with Crippen molar-refractivity contribution in [1.82, 2.24) is 10.2 Å². The zero-order valence-electron chi connectivity index (χ0n) is 12.0. The van der Waals surface area contributed by atoms with E-state index in [0.29, 0.717) is 5.41 Å². The van der Waals surface area contributed by atoms with Crippen molar-refractivity contribution < 1.29 is 4.42 Å². The molecule has 2 rings (SSSR count). The molecule has 1 saturated heterocycles. The lowest BCUT2D eigenvalue weighted by Gasteiger charge is -2.38. The van der Waals surface area contributed by atoms with Crippen LogP contribution in [0.15, 0.2) is 16.7 Å². The van der Waals surface area contributed by atoms with E-state index < -0.39 is 0 Å². The van der Waals surface area contributed by atoms with E-state index in [2.05, 4.69) is 30.1 Å². The van der Waals surface area contributed by atoms with Crippen molar-refractivity contribution >= 4 is 0 Å². The van der Waals surface area contributed by atoms with Crippen molar-refractivity contribution in [3.05, 3.63) is 23.7 Å². The first kappa shape index (κ1) is 13.6. The normalized spacial score (nSPS) is 20.2. The molecule has 1 aliphatic heterocycles. The van der Waals surface area contributed by atoms with E-state index in [1.165, 1.54) is 37.9 Å².